The molecule has 3 rings (SSSR count). The van der Waals surface area contributed by atoms with Gasteiger partial charge in [-0.15, -0.1) is 0 Å². The number of aliphatic carboxylic acids is 1. The number of carbonyl (C=O) groups excluding carboxylic acids is 3. The predicted molar refractivity (Wildman–Crippen MR) is 131 cm³/mol. The molecule has 12 heteroatoms. The summed E-state index contributed by atoms with van der Waals surface area (Å²) in [7, 11) is 0. The number of benzene rings is 1. The highest BCUT2D eigenvalue weighted by Crippen LogP contribution is 2.22. The summed E-state index contributed by atoms with van der Waals surface area (Å²) in [5, 5.41) is 12.2. The van der Waals surface area contributed by atoms with Crippen LogP contribution in [-0.2, 0) is 25.7 Å². The van der Waals surface area contributed by atoms with Crippen molar-refractivity contribution < 1.29 is 29.0 Å². The largest absolute Gasteiger partial charge is 0.480 e. The van der Waals surface area contributed by atoms with E-state index in [0.717, 1.165) is 5.56 Å². The van der Waals surface area contributed by atoms with Crippen LogP contribution in [0.3, 0.4) is 0 Å². The lowest BCUT2D eigenvalue weighted by atomic mass is 10.1. The second-order valence-electron chi connectivity index (χ2n) is 8.93. The van der Waals surface area contributed by atoms with Gasteiger partial charge in [0, 0.05) is 19.6 Å². The third kappa shape index (κ3) is 7.09. The number of amides is 3. The molecule has 6 N–H and O–H groups in total. The Kier molecular flexibility index (Phi) is 9.48. The number of hydrogen-bond acceptors (Lipinski definition) is 6. The van der Waals surface area contributed by atoms with Crippen molar-refractivity contribution in [3.8, 4) is 0 Å². The highest BCUT2D eigenvalue weighted by molar-refractivity contribution is 5.93. The van der Waals surface area contributed by atoms with Gasteiger partial charge in [-0.3, -0.25) is 19.5 Å². The first-order chi connectivity index (χ1) is 17.3. The minimum absolute atomic E-state index is 0.0805. The average molecular weight is 503 g/mol. The van der Waals surface area contributed by atoms with Gasteiger partial charge in [0.05, 0.1) is 0 Å². The van der Waals surface area contributed by atoms with E-state index < -0.39 is 42.0 Å². The van der Waals surface area contributed by atoms with Gasteiger partial charge in [-0.25, -0.2) is 9.59 Å². The quantitative estimate of drug-likeness (QED) is 0.201. The van der Waals surface area contributed by atoms with Crippen LogP contribution in [0.4, 0.5) is 4.79 Å². The lowest BCUT2D eigenvalue weighted by Gasteiger charge is -2.29. The van der Waals surface area contributed by atoms with E-state index in [4.69, 9.17) is 16.2 Å². The van der Waals surface area contributed by atoms with Crippen LogP contribution in [0.2, 0.25) is 0 Å². The maximum Gasteiger partial charge on any atom is 0.410 e. The Balaban J connectivity index is 1.65. The van der Waals surface area contributed by atoms with E-state index in [1.165, 1.54) is 9.80 Å². The van der Waals surface area contributed by atoms with Gasteiger partial charge in [0.1, 0.15) is 24.7 Å². The molecule has 2 aliphatic rings. The van der Waals surface area contributed by atoms with E-state index in [1.54, 1.807) is 0 Å². The van der Waals surface area contributed by atoms with E-state index in [-0.39, 0.29) is 25.5 Å². The van der Waals surface area contributed by atoms with Crippen LogP contribution in [0.15, 0.2) is 35.3 Å². The van der Waals surface area contributed by atoms with Gasteiger partial charge in [-0.2, -0.15) is 0 Å². The van der Waals surface area contributed by atoms with Crippen LogP contribution in [-0.4, -0.2) is 82.5 Å². The van der Waals surface area contributed by atoms with Crippen LogP contribution in [0.1, 0.15) is 44.1 Å². The van der Waals surface area contributed by atoms with Crippen molar-refractivity contribution >= 4 is 29.8 Å². The third-order valence-corrected chi connectivity index (χ3v) is 6.38. The van der Waals surface area contributed by atoms with Crippen molar-refractivity contribution in [3.05, 3.63) is 35.9 Å². The number of likely N-dealkylation sites (tertiary alicyclic amines) is 2. The summed E-state index contributed by atoms with van der Waals surface area (Å²) < 4.78 is 5.40. The fourth-order valence-electron chi connectivity index (χ4n) is 4.58. The van der Waals surface area contributed by atoms with Crippen molar-refractivity contribution in [3.63, 3.8) is 0 Å². The minimum atomic E-state index is -1.07. The Bertz CT molecular complexity index is 967. The van der Waals surface area contributed by atoms with E-state index in [2.05, 4.69) is 10.3 Å². The van der Waals surface area contributed by atoms with Gasteiger partial charge < -0.3 is 31.5 Å². The van der Waals surface area contributed by atoms with Crippen molar-refractivity contribution in [2.45, 2.75) is 63.3 Å². The third-order valence-electron chi connectivity index (χ3n) is 6.38. The lowest BCUT2D eigenvalue weighted by Crippen LogP contribution is -2.55. The first kappa shape index (κ1) is 26.8. The number of carboxylic acid groups (broad SMARTS) is 1. The Morgan fingerprint density at radius 1 is 1.06 bits per heavy atom. The molecule has 2 heterocycles. The number of guanidine groups is 1. The second-order valence-corrected chi connectivity index (χ2v) is 8.93. The zero-order chi connectivity index (χ0) is 26.1. The van der Waals surface area contributed by atoms with Crippen molar-refractivity contribution in [2.75, 3.05) is 19.6 Å². The molecule has 0 bridgehead atoms. The van der Waals surface area contributed by atoms with Crippen LogP contribution < -0.4 is 16.8 Å². The Morgan fingerprint density at radius 2 is 1.72 bits per heavy atom. The summed E-state index contributed by atoms with van der Waals surface area (Å²) in [5.74, 6) is -2.10. The first-order valence-electron chi connectivity index (χ1n) is 12.1. The Morgan fingerprint density at radius 3 is 2.39 bits per heavy atom. The van der Waals surface area contributed by atoms with Gasteiger partial charge >= 0.3 is 12.1 Å². The number of nitrogens with zero attached hydrogens (tertiary/aromatic N) is 3. The minimum Gasteiger partial charge on any atom is -0.480 e. The zero-order valence-electron chi connectivity index (χ0n) is 20.2. The molecule has 0 radical (unpaired) electrons. The Hall–Kier alpha value is -3.83. The standard InChI is InChI=1S/C24H34N6O6/c25-23(26)27-12-4-9-17(21(32)29-13-6-11-19(29)22(33)34)28-20(31)18-10-5-14-30(18)24(35)36-15-16-7-2-1-3-8-16/h1-3,7-8,17-19H,4-6,9-15H2,(H,28,31)(H,33,34)(H4,25,26,27)/t17-,18-,19-/m0/s1. The molecule has 3 amide bonds. The van der Waals surface area contributed by atoms with Crippen molar-refractivity contribution in [1.29, 1.82) is 0 Å². The molecule has 0 aromatic heterocycles. The Labute approximate surface area is 209 Å². The highest BCUT2D eigenvalue weighted by Gasteiger charge is 2.40. The smallest absolute Gasteiger partial charge is 0.410 e. The van der Waals surface area contributed by atoms with Crippen molar-refractivity contribution in [1.82, 2.24) is 15.1 Å². The normalized spacial score (nSPS) is 20.0. The molecule has 0 aliphatic carbocycles. The topological polar surface area (TPSA) is 181 Å². The van der Waals surface area contributed by atoms with E-state index in [1.807, 2.05) is 30.3 Å². The molecule has 2 aliphatic heterocycles. The number of hydrogen-bond donors (Lipinski definition) is 4. The molecule has 3 atom stereocenters. The molecular weight excluding hydrogens is 468 g/mol. The second kappa shape index (κ2) is 12.8. The van der Waals surface area contributed by atoms with Crippen LogP contribution in [0.25, 0.3) is 0 Å². The molecule has 0 unspecified atom stereocenters. The maximum absolute atomic E-state index is 13.3. The zero-order valence-corrected chi connectivity index (χ0v) is 20.2. The molecule has 36 heavy (non-hydrogen) atoms. The van der Waals surface area contributed by atoms with Crippen molar-refractivity contribution in [2.24, 2.45) is 16.5 Å². The molecule has 196 valence electrons. The van der Waals surface area contributed by atoms with Gasteiger partial charge in [-0.1, -0.05) is 30.3 Å². The molecule has 2 fully saturated rings. The molecule has 0 spiro atoms. The van der Waals surface area contributed by atoms with Gasteiger partial charge in [0.2, 0.25) is 11.8 Å². The summed E-state index contributed by atoms with van der Waals surface area (Å²) >= 11 is 0. The van der Waals surface area contributed by atoms with E-state index >= 15 is 0 Å². The molecule has 0 saturated carbocycles. The molecular formula is C24H34N6O6. The van der Waals surface area contributed by atoms with E-state index in [0.29, 0.717) is 45.2 Å². The average Bonchev–Trinajstić information content (AvgIpc) is 3.55. The monoisotopic (exact) mass is 502 g/mol. The molecule has 2 saturated heterocycles. The maximum atomic E-state index is 13.3. The SMILES string of the molecule is NC(N)=NCCC[C@H](NC(=O)[C@@H]1CCCN1C(=O)OCc1ccccc1)C(=O)N1CCC[C@H]1C(=O)O. The van der Waals surface area contributed by atoms with Crippen LogP contribution in [0.5, 0.6) is 0 Å². The van der Waals surface area contributed by atoms with Gasteiger partial charge in [-0.05, 0) is 44.1 Å². The van der Waals surface area contributed by atoms with Gasteiger partial charge in [0.25, 0.3) is 0 Å². The summed E-state index contributed by atoms with van der Waals surface area (Å²) in [6, 6.07) is 6.55. The van der Waals surface area contributed by atoms with Crippen LogP contribution >= 0.6 is 0 Å². The van der Waals surface area contributed by atoms with Gasteiger partial charge in [0.15, 0.2) is 5.96 Å². The fourth-order valence-corrected chi connectivity index (χ4v) is 4.58. The van der Waals surface area contributed by atoms with Crippen LogP contribution in [0, 0.1) is 0 Å². The highest BCUT2D eigenvalue weighted by atomic mass is 16.6. The number of rotatable bonds is 10. The molecule has 12 nitrogen and oxygen atoms in total. The fraction of sp³-hybridized carbons (Fsp3) is 0.542. The predicted octanol–water partition coefficient (Wildman–Crippen LogP) is 0.402. The molecule has 1 aromatic rings. The number of carboxylic acids is 1. The summed E-state index contributed by atoms with van der Waals surface area (Å²) in [6.07, 6.45) is 2.00. The number of ether oxygens (including phenoxy) is 1. The number of aliphatic imine (C=N–C) groups is 1. The summed E-state index contributed by atoms with van der Waals surface area (Å²) in [6.45, 7) is 1.01. The summed E-state index contributed by atoms with van der Waals surface area (Å²) in [5.41, 5.74) is 11.5. The molecule has 1 aromatic carbocycles. The summed E-state index contributed by atoms with van der Waals surface area (Å²) in [4.78, 5) is 57.4. The lowest BCUT2D eigenvalue weighted by molar-refractivity contribution is -0.149. The number of carbonyl (C=O) groups is 4. The van der Waals surface area contributed by atoms with E-state index in [9.17, 15) is 24.3 Å². The number of nitrogens with one attached hydrogen (secondary N) is 1. The first-order valence-corrected chi connectivity index (χ1v) is 12.1. The number of nitrogens with two attached hydrogens (primary N) is 2.